The molecule has 3 rings (SSSR count). The summed E-state index contributed by atoms with van der Waals surface area (Å²) in [4.78, 5) is 24.2. The van der Waals surface area contributed by atoms with Gasteiger partial charge in [-0.1, -0.05) is 48.5 Å². The fourth-order valence-electron chi connectivity index (χ4n) is 6.37. The Hall–Kier alpha value is -1.88. The molecule has 1 aromatic carbocycles. The standard InChI is InChI=1S/C27H35BrO4/c1-16(2)21(29)10-12-27(5)23-9-6-17(3)20(26(23,4)13-11-24(27)28)15-19-14-18(25(31)32)7-8-22(19)30/h7-8,14,20,23-24,30H,1,3,6,9-13,15H2,2,4-5H3,(H,31,32). The average Bonchev–Trinajstić information content (AvgIpc) is 2.73. The number of carboxylic acids is 1. The van der Waals surface area contributed by atoms with E-state index in [1.807, 2.05) is 0 Å². The first-order valence-electron chi connectivity index (χ1n) is 11.5. The van der Waals surface area contributed by atoms with Crippen LogP contribution in [0.15, 0.2) is 42.5 Å². The highest BCUT2D eigenvalue weighted by Gasteiger charge is 2.57. The summed E-state index contributed by atoms with van der Waals surface area (Å²) in [6.45, 7) is 14.6. The molecule has 4 nitrogen and oxygen atoms in total. The number of halogens is 1. The van der Waals surface area contributed by atoms with Crippen LogP contribution in [0.1, 0.15) is 75.2 Å². The van der Waals surface area contributed by atoms with E-state index in [0.29, 0.717) is 34.7 Å². The predicted octanol–water partition coefficient (Wildman–Crippen LogP) is 6.71. The highest BCUT2D eigenvalue weighted by molar-refractivity contribution is 9.09. The number of aromatic hydroxyl groups is 1. The number of allylic oxidation sites excluding steroid dienone is 2. The van der Waals surface area contributed by atoms with E-state index in [2.05, 4.69) is 42.9 Å². The number of aromatic carboxylic acids is 1. The maximum Gasteiger partial charge on any atom is 0.335 e. The second-order valence-corrected chi connectivity index (χ2v) is 11.5. The van der Waals surface area contributed by atoms with Crippen LogP contribution in [0, 0.1) is 22.7 Å². The number of hydrogen-bond acceptors (Lipinski definition) is 3. The van der Waals surface area contributed by atoms with E-state index in [0.717, 1.165) is 32.1 Å². The van der Waals surface area contributed by atoms with E-state index in [1.165, 1.54) is 17.7 Å². The first-order chi connectivity index (χ1) is 14.9. The molecule has 0 amide bonds. The molecule has 0 aromatic heterocycles. The topological polar surface area (TPSA) is 74.6 Å². The Morgan fingerprint density at radius 2 is 1.94 bits per heavy atom. The minimum absolute atomic E-state index is 0.0354. The molecule has 5 unspecified atom stereocenters. The lowest BCUT2D eigenvalue weighted by molar-refractivity contribution is -0.117. The van der Waals surface area contributed by atoms with Crippen molar-refractivity contribution in [1.29, 1.82) is 0 Å². The molecule has 0 spiro atoms. The maximum absolute atomic E-state index is 12.4. The van der Waals surface area contributed by atoms with Gasteiger partial charge in [-0.05, 0) is 97.5 Å². The summed E-state index contributed by atoms with van der Waals surface area (Å²) in [6.07, 6.45) is 5.88. The Morgan fingerprint density at radius 3 is 2.56 bits per heavy atom. The number of ketones is 1. The van der Waals surface area contributed by atoms with Crippen molar-refractivity contribution < 1.29 is 19.8 Å². The third-order valence-corrected chi connectivity index (χ3v) is 9.91. The van der Waals surface area contributed by atoms with E-state index < -0.39 is 5.97 Å². The summed E-state index contributed by atoms with van der Waals surface area (Å²) in [5, 5.41) is 19.9. The Balaban J connectivity index is 1.94. The van der Waals surface area contributed by atoms with Gasteiger partial charge in [-0.3, -0.25) is 4.79 Å². The number of Topliss-reactive ketones (excluding diaryl/α,β-unsaturated/α-hetero) is 1. The van der Waals surface area contributed by atoms with Crippen molar-refractivity contribution in [2.45, 2.75) is 70.5 Å². The number of rotatable bonds is 7. The van der Waals surface area contributed by atoms with Crippen molar-refractivity contribution in [3.63, 3.8) is 0 Å². The van der Waals surface area contributed by atoms with Gasteiger partial charge in [-0.15, -0.1) is 0 Å². The SMILES string of the molecule is C=C(C)C(=O)CCC1(C)C(Br)CCC2(C)C(Cc3cc(C(=O)O)ccc3O)C(=C)CCC12. The normalized spacial score (nSPS) is 32.2. The summed E-state index contributed by atoms with van der Waals surface area (Å²) in [6, 6.07) is 4.51. The Bertz CT molecular complexity index is 951. The number of fused-ring (bicyclic) bond motifs is 1. The van der Waals surface area contributed by atoms with Gasteiger partial charge in [0.05, 0.1) is 5.56 Å². The molecule has 0 heterocycles. The summed E-state index contributed by atoms with van der Waals surface area (Å²) >= 11 is 3.96. The van der Waals surface area contributed by atoms with Crippen LogP contribution in [-0.4, -0.2) is 26.8 Å². The number of alkyl halides is 1. The minimum Gasteiger partial charge on any atom is -0.508 e. The molecule has 2 aliphatic rings. The number of hydrogen-bond donors (Lipinski definition) is 2. The van der Waals surface area contributed by atoms with Crippen molar-refractivity contribution >= 4 is 27.7 Å². The molecule has 0 saturated heterocycles. The molecule has 1 aromatic rings. The maximum atomic E-state index is 12.4. The zero-order valence-corrected chi connectivity index (χ0v) is 21.0. The molecular weight excluding hydrogens is 468 g/mol. The lowest BCUT2D eigenvalue weighted by Crippen LogP contribution is -2.55. The lowest BCUT2D eigenvalue weighted by atomic mass is 9.45. The first kappa shape index (κ1) is 24.8. The van der Waals surface area contributed by atoms with Crippen LogP contribution < -0.4 is 0 Å². The zero-order valence-electron chi connectivity index (χ0n) is 19.4. The minimum atomic E-state index is -0.993. The molecule has 0 bridgehead atoms. The average molecular weight is 503 g/mol. The molecule has 32 heavy (non-hydrogen) atoms. The van der Waals surface area contributed by atoms with Crippen LogP contribution in [0.25, 0.3) is 0 Å². The monoisotopic (exact) mass is 502 g/mol. The van der Waals surface area contributed by atoms with Crippen molar-refractivity contribution in [3.8, 4) is 5.75 Å². The quantitative estimate of drug-likeness (QED) is 0.246. The Morgan fingerprint density at radius 1 is 1.25 bits per heavy atom. The number of carbonyl (C=O) groups is 2. The molecule has 2 N–H and O–H groups in total. The van der Waals surface area contributed by atoms with E-state index in [1.54, 1.807) is 13.0 Å². The number of phenols is 1. The molecule has 0 radical (unpaired) electrons. The summed E-state index contributed by atoms with van der Waals surface area (Å²) < 4.78 is 0. The van der Waals surface area contributed by atoms with Gasteiger partial charge >= 0.3 is 5.97 Å². The molecule has 2 saturated carbocycles. The van der Waals surface area contributed by atoms with E-state index >= 15 is 0 Å². The fourth-order valence-corrected chi connectivity index (χ4v) is 7.14. The van der Waals surface area contributed by atoms with Gasteiger partial charge in [0.2, 0.25) is 0 Å². The molecule has 5 heteroatoms. The number of carbonyl (C=O) groups excluding carboxylic acids is 1. The van der Waals surface area contributed by atoms with Gasteiger partial charge in [0, 0.05) is 11.2 Å². The van der Waals surface area contributed by atoms with Crippen LogP contribution in [0.3, 0.4) is 0 Å². The van der Waals surface area contributed by atoms with Crippen molar-refractivity contribution in [2.24, 2.45) is 22.7 Å². The molecule has 2 aliphatic carbocycles. The molecule has 5 atom stereocenters. The van der Waals surface area contributed by atoms with Gasteiger partial charge in [0.15, 0.2) is 5.78 Å². The number of phenolic OH excluding ortho intramolecular Hbond substituents is 1. The molecule has 2 fully saturated rings. The second kappa shape index (κ2) is 9.17. The zero-order chi connectivity index (χ0) is 23.8. The van der Waals surface area contributed by atoms with Crippen LogP contribution in [-0.2, 0) is 11.2 Å². The third-order valence-electron chi connectivity index (χ3n) is 8.40. The highest BCUT2D eigenvalue weighted by atomic mass is 79.9. The van der Waals surface area contributed by atoms with Crippen LogP contribution >= 0.6 is 15.9 Å². The van der Waals surface area contributed by atoms with Gasteiger partial charge in [0.1, 0.15) is 5.75 Å². The van der Waals surface area contributed by atoms with Gasteiger partial charge in [-0.25, -0.2) is 4.79 Å². The van der Waals surface area contributed by atoms with E-state index in [4.69, 9.17) is 0 Å². The molecule has 0 aliphatic heterocycles. The van der Waals surface area contributed by atoms with E-state index in [-0.39, 0.29) is 33.8 Å². The van der Waals surface area contributed by atoms with Crippen molar-refractivity contribution in [1.82, 2.24) is 0 Å². The summed E-state index contributed by atoms with van der Waals surface area (Å²) in [5.41, 5.74) is 2.57. The molecule has 174 valence electrons. The van der Waals surface area contributed by atoms with Gasteiger partial charge in [-0.2, -0.15) is 0 Å². The third kappa shape index (κ3) is 4.46. The first-order valence-corrected chi connectivity index (χ1v) is 12.4. The van der Waals surface area contributed by atoms with E-state index in [9.17, 15) is 19.8 Å². The largest absolute Gasteiger partial charge is 0.508 e. The summed E-state index contributed by atoms with van der Waals surface area (Å²) in [5.74, 6) is -0.186. The predicted molar refractivity (Wildman–Crippen MR) is 131 cm³/mol. The Labute approximate surface area is 199 Å². The molecular formula is C27H35BrO4. The van der Waals surface area contributed by atoms with Gasteiger partial charge in [0.25, 0.3) is 0 Å². The van der Waals surface area contributed by atoms with Crippen molar-refractivity contribution in [2.75, 3.05) is 0 Å². The summed E-state index contributed by atoms with van der Waals surface area (Å²) in [7, 11) is 0. The Kier molecular flexibility index (Phi) is 7.09. The van der Waals surface area contributed by atoms with Crippen LogP contribution in [0.5, 0.6) is 5.75 Å². The number of benzene rings is 1. The van der Waals surface area contributed by atoms with Crippen molar-refractivity contribution in [3.05, 3.63) is 53.6 Å². The fraction of sp³-hybridized carbons (Fsp3) is 0.556. The number of carboxylic acid groups (broad SMARTS) is 1. The lowest BCUT2D eigenvalue weighted by Gasteiger charge is -2.60. The smallest absolute Gasteiger partial charge is 0.335 e. The van der Waals surface area contributed by atoms with Crippen LogP contribution in [0.2, 0.25) is 0 Å². The van der Waals surface area contributed by atoms with Gasteiger partial charge < -0.3 is 10.2 Å². The highest BCUT2D eigenvalue weighted by Crippen LogP contribution is 2.64. The van der Waals surface area contributed by atoms with Crippen LogP contribution in [0.4, 0.5) is 0 Å². The second-order valence-electron chi connectivity index (χ2n) is 10.4.